The van der Waals surface area contributed by atoms with Gasteiger partial charge in [0.2, 0.25) is 5.91 Å². The molecule has 0 aliphatic heterocycles. The van der Waals surface area contributed by atoms with Crippen molar-refractivity contribution in [2.75, 3.05) is 5.32 Å². The second-order valence-corrected chi connectivity index (χ2v) is 5.41. The first kappa shape index (κ1) is 12.1. The van der Waals surface area contributed by atoms with Crippen LogP contribution in [0.2, 0.25) is 0 Å². The van der Waals surface area contributed by atoms with Crippen LogP contribution in [0.5, 0.6) is 0 Å². The number of fused-ring (bicyclic) bond motifs is 1. The molecule has 1 amide bonds. The number of halogens is 1. The van der Waals surface area contributed by atoms with E-state index >= 15 is 0 Å². The molecule has 0 aromatic heterocycles. The Morgan fingerprint density at radius 1 is 1.21 bits per heavy atom. The molecule has 100 valence electrons. The van der Waals surface area contributed by atoms with Gasteiger partial charge >= 0.3 is 5.97 Å². The molecule has 1 aromatic carbocycles. The number of carboxylic acids is 1. The van der Waals surface area contributed by atoms with Crippen LogP contribution in [0.4, 0.5) is 10.1 Å². The minimum absolute atomic E-state index is 0.0320. The van der Waals surface area contributed by atoms with Crippen molar-refractivity contribution in [3.8, 4) is 0 Å². The second-order valence-electron chi connectivity index (χ2n) is 5.41. The van der Waals surface area contributed by atoms with Crippen molar-refractivity contribution in [1.29, 1.82) is 0 Å². The van der Waals surface area contributed by atoms with Crippen LogP contribution in [0.25, 0.3) is 0 Å². The maximum absolute atomic E-state index is 13.0. The molecule has 3 rings (SSSR count). The molecule has 2 aliphatic carbocycles. The molecule has 2 fully saturated rings. The quantitative estimate of drug-likeness (QED) is 0.880. The SMILES string of the molecule is O=C(O)c1cc(F)ccc1NC(=O)C1CC2CC2C1. The Bertz CT molecular complexity index is 548. The van der Waals surface area contributed by atoms with Gasteiger partial charge in [-0.3, -0.25) is 4.79 Å². The topological polar surface area (TPSA) is 66.4 Å². The van der Waals surface area contributed by atoms with E-state index in [0.717, 1.165) is 25.0 Å². The van der Waals surface area contributed by atoms with Crippen molar-refractivity contribution >= 4 is 17.6 Å². The highest BCUT2D eigenvalue weighted by molar-refractivity contribution is 6.01. The Labute approximate surface area is 109 Å². The summed E-state index contributed by atoms with van der Waals surface area (Å²) in [7, 11) is 0. The normalized spacial score (nSPS) is 27.7. The van der Waals surface area contributed by atoms with Gasteiger partial charge in [0.1, 0.15) is 5.82 Å². The summed E-state index contributed by atoms with van der Waals surface area (Å²) in [6.07, 6.45) is 3.00. The molecule has 0 spiro atoms. The number of amides is 1. The molecule has 0 radical (unpaired) electrons. The van der Waals surface area contributed by atoms with E-state index in [2.05, 4.69) is 5.32 Å². The van der Waals surface area contributed by atoms with Crippen LogP contribution in [0.3, 0.4) is 0 Å². The maximum Gasteiger partial charge on any atom is 0.337 e. The lowest BCUT2D eigenvalue weighted by Gasteiger charge is -2.13. The summed E-state index contributed by atoms with van der Waals surface area (Å²) in [6, 6.07) is 3.37. The van der Waals surface area contributed by atoms with E-state index in [1.54, 1.807) is 0 Å². The molecule has 19 heavy (non-hydrogen) atoms. The third kappa shape index (κ3) is 2.32. The molecule has 1 aromatic rings. The molecule has 2 saturated carbocycles. The summed E-state index contributed by atoms with van der Waals surface area (Å²) < 4.78 is 13.0. The molecule has 2 aliphatic rings. The minimum atomic E-state index is -1.25. The van der Waals surface area contributed by atoms with Crippen molar-refractivity contribution in [3.05, 3.63) is 29.6 Å². The van der Waals surface area contributed by atoms with Crippen LogP contribution in [0.15, 0.2) is 18.2 Å². The summed E-state index contributed by atoms with van der Waals surface area (Å²) in [5.74, 6) is -0.691. The third-order valence-corrected chi connectivity index (χ3v) is 4.08. The zero-order valence-electron chi connectivity index (χ0n) is 10.2. The smallest absolute Gasteiger partial charge is 0.337 e. The van der Waals surface area contributed by atoms with Crippen LogP contribution in [0.1, 0.15) is 29.6 Å². The van der Waals surface area contributed by atoms with Crippen molar-refractivity contribution in [3.63, 3.8) is 0 Å². The minimum Gasteiger partial charge on any atom is -0.478 e. The fraction of sp³-hybridized carbons (Fsp3) is 0.429. The van der Waals surface area contributed by atoms with Crippen molar-refractivity contribution in [2.24, 2.45) is 17.8 Å². The van der Waals surface area contributed by atoms with Gasteiger partial charge in [-0.1, -0.05) is 0 Å². The molecule has 0 saturated heterocycles. The standard InChI is InChI=1S/C14H14FNO3/c15-10-1-2-12(11(6-10)14(18)19)16-13(17)9-4-7-3-8(7)5-9/h1-2,6-9H,3-5H2,(H,16,17)(H,18,19). The Morgan fingerprint density at radius 3 is 2.53 bits per heavy atom. The number of rotatable bonds is 3. The van der Waals surface area contributed by atoms with E-state index in [1.807, 2.05) is 0 Å². The van der Waals surface area contributed by atoms with Gasteiger partial charge in [-0.15, -0.1) is 0 Å². The molecule has 2 N–H and O–H groups in total. The van der Waals surface area contributed by atoms with E-state index < -0.39 is 11.8 Å². The Hall–Kier alpha value is -1.91. The Morgan fingerprint density at radius 2 is 1.89 bits per heavy atom. The van der Waals surface area contributed by atoms with Crippen LogP contribution >= 0.6 is 0 Å². The van der Waals surface area contributed by atoms with Gasteiger partial charge in [0.05, 0.1) is 11.3 Å². The number of carbonyl (C=O) groups excluding carboxylic acids is 1. The van der Waals surface area contributed by atoms with E-state index in [4.69, 9.17) is 5.11 Å². The number of aromatic carboxylic acids is 1. The highest BCUT2D eigenvalue weighted by atomic mass is 19.1. The van der Waals surface area contributed by atoms with Crippen LogP contribution in [-0.2, 0) is 4.79 Å². The highest BCUT2D eigenvalue weighted by Gasteiger charge is 2.48. The first-order chi connectivity index (χ1) is 9.04. The van der Waals surface area contributed by atoms with Gasteiger partial charge in [-0.05, 0) is 49.3 Å². The van der Waals surface area contributed by atoms with Crippen LogP contribution in [0, 0.1) is 23.6 Å². The second kappa shape index (κ2) is 4.33. The lowest BCUT2D eigenvalue weighted by atomic mass is 10.0. The monoisotopic (exact) mass is 263 g/mol. The largest absolute Gasteiger partial charge is 0.478 e. The van der Waals surface area contributed by atoms with Gasteiger partial charge in [0, 0.05) is 5.92 Å². The summed E-state index contributed by atoms with van der Waals surface area (Å²) in [5, 5.41) is 11.6. The Kier molecular flexibility index (Phi) is 2.77. The van der Waals surface area contributed by atoms with Gasteiger partial charge in [0.25, 0.3) is 0 Å². The fourth-order valence-electron chi connectivity index (χ4n) is 2.97. The Balaban J connectivity index is 1.75. The maximum atomic E-state index is 13.0. The first-order valence-electron chi connectivity index (χ1n) is 6.38. The third-order valence-electron chi connectivity index (χ3n) is 4.08. The zero-order valence-corrected chi connectivity index (χ0v) is 10.2. The zero-order chi connectivity index (χ0) is 13.6. The molecule has 4 nitrogen and oxygen atoms in total. The van der Waals surface area contributed by atoms with E-state index in [9.17, 15) is 14.0 Å². The van der Waals surface area contributed by atoms with E-state index in [0.29, 0.717) is 11.8 Å². The molecular weight excluding hydrogens is 249 g/mol. The number of anilines is 1. The highest BCUT2D eigenvalue weighted by Crippen LogP contribution is 2.54. The van der Waals surface area contributed by atoms with E-state index in [-0.39, 0.29) is 23.1 Å². The lowest BCUT2D eigenvalue weighted by molar-refractivity contribution is -0.120. The predicted octanol–water partition coefficient (Wildman–Crippen LogP) is 2.51. The number of nitrogens with one attached hydrogen (secondary N) is 1. The molecule has 2 atom stereocenters. The summed E-state index contributed by atoms with van der Waals surface area (Å²) >= 11 is 0. The van der Waals surface area contributed by atoms with Crippen LogP contribution < -0.4 is 5.32 Å². The molecule has 5 heteroatoms. The van der Waals surface area contributed by atoms with E-state index in [1.165, 1.54) is 12.5 Å². The number of carbonyl (C=O) groups is 2. The van der Waals surface area contributed by atoms with Gasteiger partial charge in [-0.25, -0.2) is 9.18 Å². The number of hydrogen-bond donors (Lipinski definition) is 2. The van der Waals surface area contributed by atoms with Gasteiger partial charge in [0.15, 0.2) is 0 Å². The first-order valence-corrected chi connectivity index (χ1v) is 6.38. The van der Waals surface area contributed by atoms with Crippen molar-refractivity contribution in [2.45, 2.75) is 19.3 Å². The molecular formula is C14H14FNO3. The number of carboxylic acid groups (broad SMARTS) is 1. The summed E-state index contributed by atoms with van der Waals surface area (Å²) in [4.78, 5) is 23.1. The molecule has 0 bridgehead atoms. The number of hydrogen-bond acceptors (Lipinski definition) is 2. The average Bonchev–Trinajstić information content (AvgIpc) is 2.98. The summed E-state index contributed by atoms with van der Waals surface area (Å²) in [6.45, 7) is 0. The summed E-state index contributed by atoms with van der Waals surface area (Å²) in [5.41, 5.74) is -0.0454. The van der Waals surface area contributed by atoms with Crippen LogP contribution in [-0.4, -0.2) is 17.0 Å². The molecule has 0 heterocycles. The van der Waals surface area contributed by atoms with Crippen molar-refractivity contribution in [1.82, 2.24) is 0 Å². The molecule has 2 unspecified atom stereocenters. The lowest BCUT2D eigenvalue weighted by Crippen LogP contribution is -2.23. The predicted molar refractivity (Wildman–Crippen MR) is 66.3 cm³/mol. The number of benzene rings is 1. The van der Waals surface area contributed by atoms with Crippen molar-refractivity contribution < 1.29 is 19.1 Å². The fourth-order valence-corrected chi connectivity index (χ4v) is 2.97. The van der Waals surface area contributed by atoms with Gasteiger partial charge < -0.3 is 10.4 Å². The van der Waals surface area contributed by atoms with Gasteiger partial charge in [-0.2, -0.15) is 0 Å². The average molecular weight is 263 g/mol.